The average molecular weight is 214 g/mol. The summed E-state index contributed by atoms with van der Waals surface area (Å²) in [5, 5.41) is 4.11. The van der Waals surface area contributed by atoms with Gasteiger partial charge in [0.1, 0.15) is 17.5 Å². The molecular weight excluding hydrogens is 203 g/mol. The number of piperidine rings is 1. The zero-order valence-corrected chi connectivity index (χ0v) is 8.14. The van der Waals surface area contributed by atoms with Crippen LogP contribution in [0.15, 0.2) is 12.1 Å². The lowest BCUT2D eigenvalue weighted by atomic mass is 9.89. The summed E-state index contributed by atoms with van der Waals surface area (Å²) >= 11 is 0. The predicted molar refractivity (Wildman–Crippen MR) is 50.2 cm³/mol. The molecule has 1 nitrogen and oxygen atoms in total. The summed E-state index contributed by atoms with van der Waals surface area (Å²) < 4.78 is 39.4. The van der Waals surface area contributed by atoms with Crippen LogP contribution in [-0.2, 0) is 0 Å². The van der Waals surface area contributed by atoms with E-state index in [0.717, 1.165) is 12.1 Å². The second kappa shape index (κ2) is 4.23. The Morgan fingerprint density at radius 3 is 2.07 bits per heavy atom. The van der Waals surface area contributed by atoms with Gasteiger partial charge in [-0.05, 0) is 18.8 Å². The van der Waals surface area contributed by atoms with E-state index in [1.165, 1.54) is 0 Å². The first-order chi connectivity index (χ1) is 7.18. The smallest absolute Gasteiger partial charge is 0.132 e. The van der Waals surface area contributed by atoms with Gasteiger partial charge in [0.25, 0.3) is 0 Å². The van der Waals surface area contributed by atoms with Crippen LogP contribution in [0.3, 0.4) is 0 Å². The monoisotopic (exact) mass is 214 g/mol. The Kier molecular flexibility index (Phi) is 2.95. The maximum atomic E-state index is 13.4. The van der Waals surface area contributed by atoms with Crippen molar-refractivity contribution < 1.29 is 13.2 Å². The Labute approximate surface area is 86.3 Å². The lowest BCUT2D eigenvalue weighted by molar-refractivity contribution is 0.417. The quantitative estimate of drug-likeness (QED) is 0.682. The van der Waals surface area contributed by atoms with Gasteiger partial charge in [-0.25, -0.2) is 18.5 Å². The molecule has 0 unspecified atom stereocenters. The zero-order valence-electron chi connectivity index (χ0n) is 8.14. The molecule has 0 bridgehead atoms. The fourth-order valence-electron chi connectivity index (χ4n) is 1.98. The van der Waals surface area contributed by atoms with Crippen molar-refractivity contribution in [3.8, 4) is 0 Å². The first-order valence-electron chi connectivity index (χ1n) is 4.96. The van der Waals surface area contributed by atoms with Crippen molar-refractivity contribution in [2.75, 3.05) is 13.1 Å². The minimum absolute atomic E-state index is 0.0197. The molecule has 0 aromatic heterocycles. The fraction of sp³-hybridized carbons (Fsp3) is 0.455. The summed E-state index contributed by atoms with van der Waals surface area (Å²) in [6.45, 7) is 1.25. The molecule has 1 aliphatic heterocycles. The summed E-state index contributed by atoms with van der Waals surface area (Å²) in [6.07, 6.45) is 1.28. The van der Waals surface area contributed by atoms with Gasteiger partial charge in [-0.3, -0.25) is 0 Å². The van der Waals surface area contributed by atoms with E-state index in [9.17, 15) is 13.2 Å². The van der Waals surface area contributed by atoms with Crippen LogP contribution in [0.4, 0.5) is 13.2 Å². The van der Waals surface area contributed by atoms with Crippen LogP contribution in [-0.4, -0.2) is 13.1 Å². The summed E-state index contributed by atoms with van der Waals surface area (Å²) in [5.74, 6) is -2.59. The molecule has 1 aliphatic rings. The van der Waals surface area contributed by atoms with E-state index >= 15 is 0 Å². The molecule has 0 amide bonds. The van der Waals surface area contributed by atoms with Crippen LogP contribution in [0.1, 0.15) is 24.3 Å². The predicted octanol–water partition coefficient (Wildman–Crippen LogP) is 2.59. The number of rotatable bonds is 1. The summed E-state index contributed by atoms with van der Waals surface area (Å²) in [4.78, 5) is 0. The standard InChI is InChI=1S/C11H11F3N/c12-8-5-9(13)11(10(14)6-8)7-1-3-15-4-2-7/h5-7H,1-4H2. The molecule has 1 fully saturated rings. The molecular formula is C11H11F3N. The number of hydrogen-bond acceptors (Lipinski definition) is 0. The number of benzene rings is 1. The van der Waals surface area contributed by atoms with E-state index in [2.05, 4.69) is 5.32 Å². The minimum atomic E-state index is -0.866. The van der Waals surface area contributed by atoms with E-state index in [-0.39, 0.29) is 11.5 Å². The molecule has 4 heteroatoms. The molecule has 81 valence electrons. The van der Waals surface area contributed by atoms with Gasteiger partial charge in [-0.1, -0.05) is 0 Å². The van der Waals surface area contributed by atoms with Crippen LogP contribution in [0.2, 0.25) is 0 Å². The van der Waals surface area contributed by atoms with E-state index in [1.54, 1.807) is 0 Å². The Morgan fingerprint density at radius 2 is 1.53 bits per heavy atom. The Balaban J connectivity index is 2.33. The van der Waals surface area contributed by atoms with Crippen LogP contribution >= 0.6 is 0 Å². The molecule has 0 N–H and O–H groups in total. The normalized spacial score (nSPS) is 18.1. The molecule has 0 spiro atoms. The average Bonchev–Trinajstić information content (AvgIpc) is 2.17. The third-order valence-electron chi connectivity index (χ3n) is 2.72. The highest BCUT2D eigenvalue weighted by Crippen LogP contribution is 2.30. The summed E-state index contributed by atoms with van der Waals surface area (Å²) in [5.41, 5.74) is 0.0197. The molecule has 0 aliphatic carbocycles. The van der Waals surface area contributed by atoms with Gasteiger partial charge in [0, 0.05) is 30.8 Å². The second-order valence-corrected chi connectivity index (χ2v) is 3.73. The largest absolute Gasteiger partial charge is 0.242 e. The van der Waals surface area contributed by atoms with Gasteiger partial charge in [0.15, 0.2) is 0 Å². The van der Waals surface area contributed by atoms with Crippen molar-refractivity contribution in [1.29, 1.82) is 0 Å². The van der Waals surface area contributed by atoms with Crippen LogP contribution in [0.5, 0.6) is 0 Å². The van der Waals surface area contributed by atoms with Gasteiger partial charge >= 0.3 is 0 Å². The molecule has 2 rings (SSSR count). The summed E-state index contributed by atoms with van der Waals surface area (Å²) in [6, 6.07) is 1.48. The SMILES string of the molecule is Fc1cc(F)c(C2CC[N]CC2)c(F)c1. The zero-order chi connectivity index (χ0) is 10.8. The Hall–Kier alpha value is -1.03. The first-order valence-corrected chi connectivity index (χ1v) is 4.96. The Bertz CT molecular complexity index is 336. The third kappa shape index (κ3) is 2.15. The number of hydrogen-bond donors (Lipinski definition) is 0. The molecule has 15 heavy (non-hydrogen) atoms. The van der Waals surface area contributed by atoms with Gasteiger partial charge in [0.2, 0.25) is 0 Å². The number of nitrogens with zero attached hydrogens (tertiary/aromatic N) is 1. The number of halogens is 3. The van der Waals surface area contributed by atoms with Crippen LogP contribution in [0.25, 0.3) is 0 Å². The highest BCUT2D eigenvalue weighted by molar-refractivity contribution is 5.25. The molecule has 1 aromatic rings. The van der Waals surface area contributed by atoms with Crippen molar-refractivity contribution in [3.63, 3.8) is 0 Å². The van der Waals surface area contributed by atoms with E-state index in [0.29, 0.717) is 25.9 Å². The Morgan fingerprint density at radius 1 is 1.00 bits per heavy atom. The van der Waals surface area contributed by atoms with Crippen molar-refractivity contribution in [2.24, 2.45) is 0 Å². The second-order valence-electron chi connectivity index (χ2n) is 3.73. The van der Waals surface area contributed by atoms with E-state index in [4.69, 9.17) is 0 Å². The third-order valence-corrected chi connectivity index (χ3v) is 2.72. The van der Waals surface area contributed by atoms with Crippen molar-refractivity contribution in [1.82, 2.24) is 5.32 Å². The molecule has 1 aromatic carbocycles. The first kappa shape index (κ1) is 10.5. The molecule has 1 heterocycles. The van der Waals surface area contributed by atoms with Gasteiger partial charge in [-0.15, -0.1) is 0 Å². The molecule has 1 radical (unpaired) electrons. The van der Waals surface area contributed by atoms with Crippen molar-refractivity contribution in [2.45, 2.75) is 18.8 Å². The van der Waals surface area contributed by atoms with E-state index < -0.39 is 17.5 Å². The maximum absolute atomic E-state index is 13.4. The van der Waals surface area contributed by atoms with Crippen LogP contribution in [0, 0.1) is 17.5 Å². The van der Waals surface area contributed by atoms with Crippen molar-refractivity contribution >= 4 is 0 Å². The summed E-state index contributed by atoms with van der Waals surface area (Å²) in [7, 11) is 0. The fourth-order valence-corrected chi connectivity index (χ4v) is 1.98. The lowest BCUT2D eigenvalue weighted by Crippen LogP contribution is -2.22. The van der Waals surface area contributed by atoms with Crippen LogP contribution < -0.4 is 5.32 Å². The topological polar surface area (TPSA) is 14.1 Å². The van der Waals surface area contributed by atoms with Gasteiger partial charge in [0.05, 0.1) is 0 Å². The highest BCUT2D eigenvalue weighted by Gasteiger charge is 2.23. The van der Waals surface area contributed by atoms with Gasteiger partial charge in [-0.2, -0.15) is 0 Å². The lowest BCUT2D eigenvalue weighted by Gasteiger charge is -2.22. The molecule has 1 saturated heterocycles. The van der Waals surface area contributed by atoms with Gasteiger partial charge < -0.3 is 0 Å². The molecule has 0 saturated carbocycles. The highest BCUT2D eigenvalue weighted by atomic mass is 19.1. The maximum Gasteiger partial charge on any atom is 0.132 e. The van der Waals surface area contributed by atoms with Crippen molar-refractivity contribution in [3.05, 3.63) is 35.1 Å². The molecule has 0 atom stereocenters. The minimum Gasteiger partial charge on any atom is -0.242 e. The van der Waals surface area contributed by atoms with E-state index in [1.807, 2.05) is 0 Å².